The third-order valence-corrected chi connectivity index (χ3v) is 4.78. The number of hydrogen-bond donors (Lipinski definition) is 1. The third kappa shape index (κ3) is 4.29. The summed E-state index contributed by atoms with van der Waals surface area (Å²) in [4.78, 5) is 12.6. The lowest BCUT2D eigenvalue weighted by Gasteiger charge is -2.06. The number of methoxy groups -OCH3 is 1. The molecule has 26 heavy (non-hydrogen) atoms. The Kier molecular flexibility index (Phi) is 6.01. The number of amides is 1. The van der Waals surface area contributed by atoms with Crippen molar-refractivity contribution >= 4 is 17.7 Å². The van der Waals surface area contributed by atoms with Crippen LogP contribution in [-0.4, -0.2) is 30.5 Å². The Morgan fingerprint density at radius 3 is 2.77 bits per heavy atom. The number of furan rings is 1. The summed E-state index contributed by atoms with van der Waals surface area (Å²) >= 11 is 1.70. The molecular weight excluding hydrogens is 352 g/mol. The third-order valence-electron chi connectivity index (χ3n) is 3.80. The van der Waals surface area contributed by atoms with Crippen LogP contribution in [0.2, 0.25) is 0 Å². The Balaban J connectivity index is 1.59. The Morgan fingerprint density at radius 2 is 2.08 bits per heavy atom. The minimum Gasteiger partial charge on any atom is -0.497 e. The molecule has 0 unspecified atom stereocenters. The standard InChI is InChI=1S/C19H20N2O4S/c1-13-17(18(25-21-13)14-5-7-15(23-2)8-6-14)19(22)20-9-11-26-12-16-4-3-10-24-16/h3-8,10H,9,11-12H2,1-2H3,(H,20,22). The molecule has 2 aromatic heterocycles. The van der Waals surface area contributed by atoms with Gasteiger partial charge in [0.2, 0.25) is 0 Å². The summed E-state index contributed by atoms with van der Waals surface area (Å²) in [6.07, 6.45) is 1.66. The average Bonchev–Trinajstić information content (AvgIpc) is 3.31. The zero-order chi connectivity index (χ0) is 18.4. The monoisotopic (exact) mass is 372 g/mol. The van der Waals surface area contributed by atoms with E-state index in [2.05, 4.69) is 10.5 Å². The summed E-state index contributed by atoms with van der Waals surface area (Å²) in [6, 6.07) is 11.1. The average molecular weight is 372 g/mol. The second-order valence-electron chi connectivity index (χ2n) is 5.59. The van der Waals surface area contributed by atoms with Crippen LogP contribution in [0.25, 0.3) is 11.3 Å². The molecule has 0 aliphatic heterocycles. The van der Waals surface area contributed by atoms with Gasteiger partial charge in [-0.2, -0.15) is 11.8 Å². The van der Waals surface area contributed by atoms with Crippen LogP contribution in [-0.2, 0) is 5.75 Å². The quantitative estimate of drug-likeness (QED) is 0.604. The predicted octanol–water partition coefficient (Wildman–Crippen LogP) is 3.91. The van der Waals surface area contributed by atoms with Gasteiger partial charge >= 0.3 is 0 Å². The lowest BCUT2D eigenvalue weighted by molar-refractivity contribution is 0.0956. The van der Waals surface area contributed by atoms with Crippen LogP contribution in [0.4, 0.5) is 0 Å². The molecular formula is C19H20N2O4S. The van der Waals surface area contributed by atoms with Gasteiger partial charge in [0, 0.05) is 17.9 Å². The van der Waals surface area contributed by atoms with Crippen molar-refractivity contribution < 1.29 is 18.5 Å². The molecule has 7 heteroatoms. The molecule has 0 aliphatic carbocycles. The largest absolute Gasteiger partial charge is 0.497 e. The van der Waals surface area contributed by atoms with E-state index in [0.29, 0.717) is 23.6 Å². The van der Waals surface area contributed by atoms with Gasteiger partial charge in [-0.1, -0.05) is 5.16 Å². The summed E-state index contributed by atoms with van der Waals surface area (Å²) in [7, 11) is 1.61. The van der Waals surface area contributed by atoms with Crippen molar-refractivity contribution in [3.05, 3.63) is 59.7 Å². The minimum atomic E-state index is -0.187. The number of carbonyl (C=O) groups excluding carboxylic acids is 1. The van der Waals surface area contributed by atoms with Crippen LogP contribution in [0.5, 0.6) is 5.75 Å². The first-order valence-corrected chi connectivity index (χ1v) is 9.33. The molecule has 0 fully saturated rings. The second-order valence-corrected chi connectivity index (χ2v) is 6.69. The van der Waals surface area contributed by atoms with Crippen LogP contribution >= 0.6 is 11.8 Å². The van der Waals surface area contributed by atoms with E-state index < -0.39 is 0 Å². The molecule has 3 rings (SSSR count). The summed E-state index contributed by atoms with van der Waals surface area (Å²) in [5.74, 6) is 3.52. The van der Waals surface area contributed by atoms with Crippen LogP contribution in [0, 0.1) is 6.92 Å². The van der Waals surface area contributed by atoms with Gasteiger partial charge in [0.15, 0.2) is 5.76 Å². The Labute approximate surface area is 155 Å². The lowest BCUT2D eigenvalue weighted by atomic mass is 10.1. The maximum absolute atomic E-state index is 12.6. The molecule has 3 aromatic rings. The van der Waals surface area contributed by atoms with Crippen molar-refractivity contribution in [3.8, 4) is 17.1 Å². The molecule has 136 valence electrons. The first-order valence-electron chi connectivity index (χ1n) is 8.18. The van der Waals surface area contributed by atoms with E-state index >= 15 is 0 Å². The van der Waals surface area contributed by atoms with Gasteiger partial charge < -0.3 is 19.0 Å². The molecule has 1 aromatic carbocycles. The molecule has 6 nitrogen and oxygen atoms in total. The summed E-state index contributed by atoms with van der Waals surface area (Å²) in [5, 5.41) is 6.87. The topological polar surface area (TPSA) is 77.5 Å². The molecule has 0 atom stereocenters. The number of benzene rings is 1. The summed E-state index contributed by atoms with van der Waals surface area (Å²) < 4.78 is 15.8. The van der Waals surface area contributed by atoms with Gasteiger partial charge in [-0.05, 0) is 43.3 Å². The lowest BCUT2D eigenvalue weighted by Crippen LogP contribution is -2.26. The van der Waals surface area contributed by atoms with Gasteiger partial charge in [0.25, 0.3) is 5.91 Å². The molecule has 0 aliphatic rings. The number of aryl methyl sites for hydroxylation is 1. The van der Waals surface area contributed by atoms with E-state index in [0.717, 1.165) is 28.6 Å². The molecule has 2 heterocycles. The molecule has 0 bridgehead atoms. The van der Waals surface area contributed by atoms with Crippen molar-refractivity contribution in [3.63, 3.8) is 0 Å². The highest BCUT2D eigenvalue weighted by atomic mass is 32.2. The van der Waals surface area contributed by atoms with E-state index in [1.165, 1.54) is 0 Å². The number of hydrogen-bond acceptors (Lipinski definition) is 6. The zero-order valence-corrected chi connectivity index (χ0v) is 15.5. The number of ether oxygens (including phenoxy) is 1. The van der Waals surface area contributed by atoms with Crippen molar-refractivity contribution in [1.82, 2.24) is 10.5 Å². The van der Waals surface area contributed by atoms with Crippen LogP contribution in [0.3, 0.4) is 0 Å². The van der Waals surface area contributed by atoms with Crippen LogP contribution in [0.15, 0.2) is 51.6 Å². The van der Waals surface area contributed by atoms with Crippen molar-refractivity contribution in [2.75, 3.05) is 19.4 Å². The van der Waals surface area contributed by atoms with Gasteiger partial charge in [-0.25, -0.2) is 0 Å². The van der Waals surface area contributed by atoms with E-state index in [1.807, 2.05) is 36.4 Å². The SMILES string of the molecule is COc1ccc(-c2onc(C)c2C(=O)NCCSCc2ccco2)cc1. The van der Waals surface area contributed by atoms with E-state index in [4.69, 9.17) is 13.7 Å². The number of nitrogens with zero attached hydrogens (tertiary/aromatic N) is 1. The Hall–Kier alpha value is -2.67. The highest BCUT2D eigenvalue weighted by Gasteiger charge is 2.21. The minimum absolute atomic E-state index is 0.187. The van der Waals surface area contributed by atoms with Gasteiger partial charge in [-0.15, -0.1) is 0 Å². The molecule has 0 saturated carbocycles. The second kappa shape index (κ2) is 8.62. The maximum Gasteiger partial charge on any atom is 0.257 e. The fourth-order valence-corrected chi connectivity index (χ4v) is 3.23. The van der Waals surface area contributed by atoms with E-state index in [9.17, 15) is 4.79 Å². The predicted molar refractivity (Wildman–Crippen MR) is 100 cm³/mol. The number of rotatable bonds is 8. The maximum atomic E-state index is 12.6. The molecule has 0 radical (unpaired) electrons. The molecule has 1 N–H and O–H groups in total. The highest BCUT2D eigenvalue weighted by Crippen LogP contribution is 2.27. The first kappa shape index (κ1) is 18.1. The number of aromatic nitrogens is 1. The number of thioether (sulfide) groups is 1. The zero-order valence-electron chi connectivity index (χ0n) is 14.7. The van der Waals surface area contributed by atoms with E-state index in [-0.39, 0.29) is 5.91 Å². The fraction of sp³-hybridized carbons (Fsp3) is 0.263. The Morgan fingerprint density at radius 1 is 1.27 bits per heavy atom. The number of carbonyl (C=O) groups is 1. The summed E-state index contributed by atoms with van der Waals surface area (Å²) in [6.45, 7) is 2.31. The first-order chi connectivity index (χ1) is 12.7. The summed E-state index contributed by atoms with van der Waals surface area (Å²) in [5.41, 5.74) is 1.81. The van der Waals surface area contributed by atoms with Crippen molar-refractivity contribution in [2.24, 2.45) is 0 Å². The van der Waals surface area contributed by atoms with E-state index in [1.54, 1.807) is 32.1 Å². The van der Waals surface area contributed by atoms with Crippen molar-refractivity contribution in [2.45, 2.75) is 12.7 Å². The van der Waals surface area contributed by atoms with Gasteiger partial charge in [0.05, 0.1) is 24.8 Å². The van der Waals surface area contributed by atoms with Crippen LogP contribution in [0.1, 0.15) is 21.8 Å². The normalized spacial score (nSPS) is 10.7. The number of nitrogens with one attached hydrogen (secondary N) is 1. The van der Waals surface area contributed by atoms with Crippen molar-refractivity contribution in [1.29, 1.82) is 0 Å². The Bertz CT molecular complexity index is 841. The molecule has 1 amide bonds. The molecule has 0 saturated heterocycles. The van der Waals surface area contributed by atoms with Crippen LogP contribution < -0.4 is 10.1 Å². The smallest absolute Gasteiger partial charge is 0.257 e. The van der Waals surface area contributed by atoms with Gasteiger partial charge in [-0.3, -0.25) is 4.79 Å². The highest BCUT2D eigenvalue weighted by molar-refractivity contribution is 7.98. The van der Waals surface area contributed by atoms with Gasteiger partial charge in [0.1, 0.15) is 17.1 Å². The fourth-order valence-electron chi connectivity index (χ4n) is 2.47. The molecule has 0 spiro atoms.